The molecule has 0 radical (unpaired) electrons. The highest BCUT2D eigenvalue weighted by atomic mass is 16.5. The van der Waals surface area contributed by atoms with Gasteiger partial charge >= 0.3 is 0 Å². The van der Waals surface area contributed by atoms with E-state index in [-0.39, 0.29) is 5.91 Å². The maximum Gasteiger partial charge on any atom is 0.279 e. The fourth-order valence-corrected chi connectivity index (χ4v) is 4.33. The molecule has 2 aromatic heterocycles. The molecule has 5 heteroatoms. The van der Waals surface area contributed by atoms with Crippen LogP contribution < -0.4 is 10.5 Å². The lowest BCUT2D eigenvalue weighted by Crippen LogP contribution is -2.14. The van der Waals surface area contributed by atoms with Gasteiger partial charge in [0.1, 0.15) is 18.1 Å². The van der Waals surface area contributed by atoms with Crippen molar-refractivity contribution in [3.05, 3.63) is 101 Å². The minimum absolute atomic E-state index is 0.0788. The molecule has 160 valence electrons. The van der Waals surface area contributed by atoms with Crippen LogP contribution in [0.15, 0.2) is 78.9 Å². The molecule has 5 aromatic rings. The fourth-order valence-electron chi connectivity index (χ4n) is 4.33. The number of nitrogens with two attached hydrogens (primary N) is 1. The van der Waals surface area contributed by atoms with Crippen molar-refractivity contribution in [1.29, 1.82) is 0 Å². The number of aromatic amines is 1. The van der Waals surface area contributed by atoms with E-state index in [9.17, 15) is 4.79 Å². The largest absolute Gasteiger partial charge is 0.489 e. The zero-order valence-electron chi connectivity index (χ0n) is 18.0. The number of carbonyl (C=O) groups is 1. The van der Waals surface area contributed by atoms with Crippen molar-refractivity contribution in [2.75, 3.05) is 6.54 Å². The quantitative estimate of drug-likeness (QED) is 0.394. The summed E-state index contributed by atoms with van der Waals surface area (Å²) in [6.45, 7) is 3.03. The summed E-state index contributed by atoms with van der Waals surface area (Å²) in [5, 5.41) is 2.05. The molecule has 0 atom stereocenters. The average molecular weight is 424 g/mol. The smallest absolute Gasteiger partial charge is 0.279 e. The number of benzene rings is 3. The standard InChI is InChI=1S/C27H25N3O2/c1-18-22(13-14-28)23-9-5-6-10-26(23)30(18)27(31)25-15-20-11-12-21(16-24(20)29-25)32-17-19-7-3-2-4-8-19/h2-12,15-16,29H,13-14,17,28H2,1H3. The van der Waals surface area contributed by atoms with E-state index in [0.29, 0.717) is 18.8 Å². The number of fused-ring (bicyclic) bond motifs is 2. The number of H-pyrrole nitrogens is 1. The normalized spacial score (nSPS) is 11.3. The summed E-state index contributed by atoms with van der Waals surface area (Å²) in [5.74, 6) is 0.681. The minimum atomic E-state index is -0.0788. The maximum atomic E-state index is 13.5. The summed E-state index contributed by atoms with van der Waals surface area (Å²) in [6, 6.07) is 25.8. The van der Waals surface area contributed by atoms with Gasteiger partial charge in [0.05, 0.1) is 5.52 Å². The van der Waals surface area contributed by atoms with Crippen molar-refractivity contribution in [1.82, 2.24) is 9.55 Å². The summed E-state index contributed by atoms with van der Waals surface area (Å²) < 4.78 is 7.73. The first kappa shape index (κ1) is 20.1. The Morgan fingerprint density at radius 1 is 1.00 bits per heavy atom. The summed E-state index contributed by atoms with van der Waals surface area (Å²) >= 11 is 0. The van der Waals surface area contributed by atoms with Gasteiger partial charge in [-0.05, 0) is 55.3 Å². The number of rotatable bonds is 6. The van der Waals surface area contributed by atoms with Crippen LogP contribution in [-0.2, 0) is 13.0 Å². The van der Waals surface area contributed by atoms with Gasteiger partial charge in [-0.15, -0.1) is 0 Å². The van der Waals surface area contributed by atoms with Gasteiger partial charge in [0.2, 0.25) is 0 Å². The highest BCUT2D eigenvalue weighted by Crippen LogP contribution is 2.28. The molecule has 0 aliphatic heterocycles. The second kappa shape index (κ2) is 8.36. The Morgan fingerprint density at radius 2 is 1.78 bits per heavy atom. The molecule has 0 bridgehead atoms. The Labute approximate surface area is 186 Å². The fraction of sp³-hybridized carbons (Fsp3) is 0.148. The number of hydrogen-bond donors (Lipinski definition) is 2. The van der Waals surface area contributed by atoms with Crippen LogP contribution in [0, 0.1) is 6.92 Å². The second-order valence-corrected chi connectivity index (χ2v) is 7.97. The van der Waals surface area contributed by atoms with E-state index in [0.717, 1.165) is 50.8 Å². The van der Waals surface area contributed by atoms with E-state index in [2.05, 4.69) is 11.1 Å². The van der Waals surface area contributed by atoms with Crippen molar-refractivity contribution in [3.8, 4) is 5.75 Å². The molecule has 0 aliphatic rings. The van der Waals surface area contributed by atoms with E-state index in [4.69, 9.17) is 10.5 Å². The van der Waals surface area contributed by atoms with Gasteiger partial charge in [-0.25, -0.2) is 0 Å². The van der Waals surface area contributed by atoms with Crippen molar-refractivity contribution in [3.63, 3.8) is 0 Å². The molecule has 0 fully saturated rings. The Bertz CT molecular complexity index is 1410. The zero-order chi connectivity index (χ0) is 22.1. The van der Waals surface area contributed by atoms with Crippen molar-refractivity contribution in [2.45, 2.75) is 20.0 Å². The lowest BCUT2D eigenvalue weighted by molar-refractivity contribution is 0.0959. The third-order valence-corrected chi connectivity index (χ3v) is 5.91. The molecule has 0 saturated carbocycles. The molecule has 3 N–H and O–H groups in total. The Morgan fingerprint density at radius 3 is 2.59 bits per heavy atom. The summed E-state index contributed by atoms with van der Waals surface area (Å²) in [4.78, 5) is 16.8. The molecular formula is C27H25N3O2. The van der Waals surface area contributed by atoms with Crippen molar-refractivity contribution < 1.29 is 9.53 Å². The van der Waals surface area contributed by atoms with Crippen LogP contribution in [0.3, 0.4) is 0 Å². The number of hydrogen-bond acceptors (Lipinski definition) is 3. The molecule has 0 unspecified atom stereocenters. The number of nitrogens with zero attached hydrogens (tertiary/aromatic N) is 1. The predicted molar refractivity (Wildman–Crippen MR) is 128 cm³/mol. The van der Waals surface area contributed by atoms with Gasteiger partial charge in [0, 0.05) is 28.0 Å². The molecular weight excluding hydrogens is 398 g/mol. The van der Waals surface area contributed by atoms with Gasteiger partial charge < -0.3 is 15.5 Å². The summed E-state index contributed by atoms with van der Waals surface area (Å²) in [7, 11) is 0. The van der Waals surface area contributed by atoms with Crippen LogP contribution in [0.4, 0.5) is 0 Å². The van der Waals surface area contributed by atoms with Gasteiger partial charge in [-0.1, -0.05) is 48.5 Å². The van der Waals surface area contributed by atoms with E-state index >= 15 is 0 Å². The number of ether oxygens (including phenoxy) is 1. The van der Waals surface area contributed by atoms with Crippen LogP contribution in [0.1, 0.15) is 27.3 Å². The number of para-hydroxylation sites is 1. The summed E-state index contributed by atoms with van der Waals surface area (Å²) in [5.41, 5.74) is 11.3. The zero-order valence-corrected chi connectivity index (χ0v) is 18.0. The second-order valence-electron chi connectivity index (χ2n) is 7.97. The Balaban J connectivity index is 1.47. The minimum Gasteiger partial charge on any atom is -0.489 e. The first-order valence-electron chi connectivity index (χ1n) is 10.8. The van der Waals surface area contributed by atoms with Gasteiger partial charge in [-0.3, -0.25) is 9.36 Å². The number of nitrogens with one attached hydrogen (secondary N) is 1. The highest BCUT2D eigenvalue weighted by Gasteiger charge is 2.20. The van der Waals surface area contributed by atoms with Gasteiger partial charge in [0.15, 0.2) is 0 Å². The van der Waals surface area contributed by atoms with E-state index in [1.165, 1.54) is 0 Å². The predicted octanol–water partition coefficient (Wildman–Crippen LogP) is 5.20. The van der Waals surface area contributed by atoms with Crippen LogP contribution in [0.25, 0.3) is 21.8 Å². The molecule has 5 rings (SSSR count). The van der Waals surface area contributed by atoms with E-state index < -0.39 is 0 Å². The van der Waals surface area contributed by atoms with Crippen molar-refractivity contribution >= 4 is 27.7 Å². The molecule has 0 amide bonds. The molecule has 0 aliphatic carbocycles. The molecule has 3 aromatic carbocycles. The number of aromatic nitrogens is 2. The van der Waals surface area contributed by atoms with E-state index in [1.54, 1.807) is 4.57 Å². The third kappa shape index (κ3) is 3.57. The summed E-state index contributed by atoms with van der Waals surface area (Å²) in [6.07, 6.45) is 0.738. The first-order valence-corrected chi connectivity index (χ1v) is 10.8. The Hall–Kier alpha value is -3.83. The van der Waals surface area contributed by atoms with E-state index in [1.807, 2.05) is 79.7 Å². The molecule has 0 saturated heterocycles. The third-order valence-electron chi connectivity index (χ3n) is 5.91. The lowest BCUT2D eigenvalue weighted by atomic mass is 10.1. The average Bonchev–Trinajstić information content (AvgIpc) is 3.37. The molecule has 2 heterocycles. The highest BCUT2D eigenvalue weighted by molar-refractivity contribution is 6.05. The van der Waals surface area contributed by atoms with Crippen LogP contribution in [0.2, 0.25) is 0 Å². The Kier molecular flexibility index (Phi) is 5.25. The van der Waals surface area contributed by atoms with Crippen LogP contribution in [0.5, 0.6) is 5.75 Å². The van der Waals surface area contributed by atoms with Gasteiger partial charge in [-0.2, -0.15) is 0 Å². The molecule has 0 spiro atoms. The molecule has 32 heavy (non-hydrogen) atoms. The first-order chi connectivity index (χ1) is 15.7. The van der Waals surface area contributed by atoms with Crippen LogP contribution >= 0.6 is 0 Å². The number of carbonyl (C=O) groups excluding carboxylic acids is 1. The molecule has 5 nitrogen and oxygen atoms in total. The monoisotopic (exact) mass is 423 g/mol. The maximum absolute atomic E-state index is 13.5. The van der Waals surface area contributed by atoms with Crippen molar-refractivity contribution in [2.24, 2.45) is 5.73 Å². The topological polar surface area (TPSA) is 73.0 Å². The van der Waals surface area contributed by atoms with Gasteiger partial charge in [0.25, 0.3) is 5.91 Å². The SMILES string of the molecule is Cc1c(CCN)c2ccccc2n1C(=O)c1cc2ccc(OCc3ccccc3)cc2[nH]1. The lowest BCUT2D eigenvalue weighted by Gasteiger charge is -2.06. The van der Waals surface area contributed by atoms with Crippen LogP contribution in [-0.4, -0.2) is 22.0 Å².